The molecule has 1 atom stereocenters. The SMILES string of the molecule is CCCNCc1cccc(Cl)c1N(C)C(C)CO. The number of halogens is 1. The van der Waals surface area contributed by atoms with Crippen LogP contribution in [0.2, 0.25) is 5.02 Å². The van der Waals surface area contributed by atoms with E-state index in [4.69, 9.17) is 11.6 Å². The average Bonchev–Trinajstić information content (AvgIpc) is 2.37. The van der Waals surface area contributed by atoms with Crippen LogP contribution in [-0.2, 0) is 6.54 Å². The third-order valence-corrected chi connectivity index (χ3v) is 3.40. The van der Waals surface area contributed by atoms with Crippen molar-refractivity contribution < 1.29 is 5.11 Å². The van der Waals surface area contributed by atoms with Crippen molar-refractivity contribution in [1.82, 2.24) is 5.32 Å². The van der Waals surface area contributed by atoms with Crippen molar-refractivity contribution in [3.05, 3.63) is 28.8 Å². The summed E-state index contributed by atoms with van der Waals surface area (Å²) >= 11 is 6.29. The molecular weight excluding hydrogens is 248 g/mol. The summed E-state index contributed by atoms with van der Waals surface area (Å²) in [7, 11) is 1.96. The zero-order valence-electron chi connectivity index (χ0n) is 11.4. The Morgan fingerprint density at radius 3 is 2.78 bits per heavy atom. The van der Waals surface area contributed by atoms with Crippen molar-refractivity contribution in [3.63, 3.8) is 0 Å². The van der Waals surface area contributed by atoms with Gasteiger partial charge in [-0.2, -0.15) is 0 Å². The Balaban J connectivity index is 2.92. The van der Waals surface area contributed by atoms with E-state index in [9.17, 15) is 5.11 Å². The molecule has 1 unspecified atom stereocenters. The van der Waals surface area contributed by atoms with Gasteiger partial charge in [-0.05, 0) is 31.5 Å². The van der Waals surface area contributed by atoms with E-state index in [1.54, 1.807) is 0 Å². The quantitative estimate of drug-likeness (QED) is 0.748. The summed E-state index contributed by atoms with van der Waals surface area (Å²) in [5.74, 6) is 0. The number of nitrogens with zero attached hydrogens (tertiary/aromatic N) is 1. The van der Waals surface area contributed by atoms with Gasteiger partial charge in [0.1, 0.15) is 0 Å². The van der Waals surface area contributed by atoms with Gasteiger partial charge in [0.25, 0.3) is 0 Å². The fourth-order valence-corrected chi connectivity index (χ4v) is 2.17. The molecule has 0 fully saturated rings. The monoisotopic (exact) mass is 270 g/mol. The van der Waals surface area contributed by atoms with Crippen LogP contribution in [0.25, 0.3) is 0 Å². The van der Waals surface area contributed by atoms with Crippen LogP contribution in [0.4, 0.5) is 5.69 Å². The highest BCUT2D eigenvalue weighted by molar-refractivity contribution is 6.33. The van der Waals surface area contributed by atoms with Gasteiger partial charge in [0.15, 0.2) is 0 Å². The number of rotatable bonds is 7. The topological polar surface area (TPSA) is 35.5 Å². The van der Waals surface area contributed by atoms with Crippen LogP contribution in [0.1, 0.15) is 25.8 Å². The predicted octanol–water partition coefficient (Wildman–Crippen LogP) is 2.66. The number of aliphatic hydroxyl groups excluding tert-OH is 1. The molecule has 0 saturated carbocycles. The summed E-state index contributed by atoms with van der Waals surface area (Å²) in [6.45, 7) is 6.03. The van der Waals surface area contributed by atoms with E-state index in [0.29, 0.717) is 0 Å². The maximum Gasteiger partial charge on any atom is 0.0642 e. The standard InChI is InChI=1S/C14H23ClN2O/c1-4-8-16-9-12-6-5-7-13(15)14(12)17(3)11(2)10-18/h5-7,11,16,18H,4,8-10H2,1-3H3. The Hall–Kier alpha value is -0.770. The summed E-state index contributed by atoms with van der Waals surface area (Å²) < 4.78 is 0. The molecule has 2 N–H and O–H groups in total. The summed E-state index contributed by atoms with van der Waals surface area (Å²) in [6.07, 6.45) is 1.11. The molecule has 1 rings (SSSR count). The first-order valence-electron chi connectivity index (χ1n) is 6.43. The number of likely N-dealkylation sites (N-methyl/N-ethyl adjacent to an activating group) is 1. The summed E-state index contributed by atoms with van der Waals surface area (Å²) in [4.78, 5) is 2.03. The van der Waals surface area contributed by atoms with Crippen molar-refractivity contribution in [1.29, 1.82) is 0 Å². The molecule has 0 radical (unpaired) electrons. The van der Waals surface area contributed by atoms with Gasteiger partial charge in [0, 0.05) is 19.6 Å². The minimum absolute atomic E-state index is 0.0508. The van der Waals surface area contributed by atoms with Crippen LogP contribution in [0.15, 0.2) is 18.2 Å². The molecule has 4 heteroatoms. The van der Waals surface area contributed by atoms with E-state index in [2.05, 4.69) is 18.3 Å². The normalized spacial score (nSPS) is 12.5. The Morgan fingerprint density at radius 2 is 2.17 bits per heavy atom. The van der Waals surface area contributed by atoms with Crippen molar-refractivity contribution in [2.45, 2.75) is 32.9 Å². The van der Waals surface area contributed by atoms with E-state index in [-0.39, 0.29) is 12.6 Å². The molecule has 18 heavy (non-hydrogen) atoms. The molecular formula is C14H23ClN2O. The van der Waals surface area contributed by atoms with Crippen LogP contribution in [0.5, 0.6) is 0 Å². The fraction of sp³-hybridized carbons (Fsp3) is 0.571. The number of nitrogens with one attached hydrogen (secondary N) is 1. The van der Waals surface area contributed by atoms with Crippen LogP contribution in [0.3, 0.4) is 0 Å². The largest absolute Gasteiger partial charge is 0.394 e. The lowest BCUT2D eigenvalue weighted by molar-refractivity contribution is 0.270. The summed E-state index contributed by atoms with van der Waals surface area (Å²) in [6, 6.07) is 5.98. The molecule has 1 aromatic carbocycles. The second-order valence-electron chi connectivity index (χ2n) is 4.57. The highest BCUT2D eigenvalue weighted by Gasteiger charge is 2.15. The molecule has 0 spiro atoms. The van der Waals surface area contributed by atoms with Crippen LogP contribution >= 0.6 is 11.6 Å². The molecule has 0 aliphatic heterocycles. The number of hydrogen-bond donors (Lipinski definition) is 2. The molecule has 1 aromatic rings. The Morgan fingerprint density at radius 1 is 1.44 bits per heavy atom. The average molecular weight is 271 g/mol. The second-order valence-corrected chi connectivity index (χ2v) is 4.97. The lowest BCUT2D eigenvalue weighted by Gasteiger charge is -2.28. The highest BCUT2D eigenvalue weighted by Crippen LogP contribution is 2.30. The van der Waals surface area contributed by atoms with E-state index in [0.717, 1.165) is 30.2 Å². The third-order valence-electron chi connectivity index (χ3n) is 3.09. The Bertz CT molecular complexity index is 371. The Kier molecular flexibility index (Phi) is 6.47. The predicted molar refractivity (Wildman–Crippen MR) is 78.4 cm³/mol. The van der Waals surface area contributed by atoms with Gasteiger partial charge < -0.3 is 15.3 Å². The van der Waals surface area contributed by atoms with E-state index in [1.165, 1.54) is 5.56 Å². The molecule has 0 amide bonds. The molecule has 0 aliphatic carbocycles. The molecule has 0 heterocycles. The van der Waals surface area contributed by atoms with Crippen LogP contribution in [-0.4, -0.2) is 31.3 Å². The van der Waals surface area contributed by atoms with Gasteiger partial charge in [-0.15, -0.1) is 0 Å². The lowest BCUT2D eigenvalue weighted by atomic mass is 10.1. The number of aliphatic hydroxyl groups is 1. The third kappa shape index (κ3) is 3.87. The van der Waals surface area contributed by atoms with Gasteiger partial charge in [0.05, 0.1) is 17.3 Å². The van der Waals surface area contributed by atoms with Crippen LogP contribution < -0.4 is 10.2 Å². The fourth-order valence-electron chi connectivity index (χ4n) is 1.84. The van der Waals surface area contributed by atoms with Crippen molar-refractivity contribution in [2.75, 3.05) is 25.1 Å². The first-order chi connectivity index (χ1) is 8.61. The second kappa shape index (κ2) is 7.62. The van der Waals surface area contributed by atoms with E-state index < -0.39 is 0 Å². The molecule has 0 bridgehead atoms. The van der Waals surface area contributed by atoms with Gasteiger partial charge in [-0.1, -0.05) is 30.7 Å². The Labute approximate surface area is 115 Å². The molecule has 0 aromatic heterocycles. The number of para-hydroxylation sites is 1. The summed E-state index contributed by atoms with van der Waals surface area (Å²) in [5, 5.41) is 13.4. The van der Waals surface area contributed by atoms with Gasteiger partial charge in [0.2, 0.25) is 0 Å². The molecule has 0 saturated heterocycles. The summed E-state index contributed by atoms with van der Waals surface area (Å²) in [5.41, 5.74) is 2.17. The van der Waals surface area contributed by atoms with E-state index in [1.807, 2.05) is 31.0 Å². The minimum Gasteiger partial charge on any atom is -0.394 e. The van der Waals surface area contributed by atoms with Gasteiger partial charge in [-0.25, -0.2) is 0 Å². The van der Waals surface area contributed by atoms with Crippen molar-refractivity contribution in [3.8, 4) is 0 Å². The maximum atomic E-state index is 9.26. The minimum atomic E-state index is 0.0508. The van der Waals surface area contributed by atoms with Crippen LogP contribution in [0, 0.1) is 0 Å². The highest BCUT2D eigenvalue weighted by atomic mass is 35.5. The number of hydrogen-bond acceptors (Lipinski definition) is 3. The zero-order valence-corrected chi connectivity index (χ0v) is 12.2. The van der Waals surface area contributed by atoms with Crippen molar-refractivity contribution >= 4 is 17.3 Å². The maximum absolute atomic E-state index is 9.26. The number of benzene rings is 1. The number of anilines is 1. The first-order valence-corrected chi connectivity index (χ1v) is 6.81. The molecule has 3 nitrogen and oxygen atoms in total. The molecule has 102 valence electrons. The lowest BCUT2D eigenvalue weighted by Crippen LogP contribution is -2.33. The smallest absolute Gasteiger partial charge is 0.0642 e. The molecule has 0 aliphatic rings. The van der Waals surface area contributed by atoms with Crippen molar-refractivity contribution in [2.24, 2.45) is 0 Å². The van der Waals surface area contributed by atoms with Gasteiger partial charge >= 0.3 is 0 Å². The first kappa shape index (κ1) is 15.3. The zero-order chi connectivity index (χ0) is 13.5. The van der Waals surface area contributed by atoms with E-state index >= 15 is 0 Å². The van der Waals surface area contributed by atoms with Gasteiger partial charge in [-0.3, -0.25) is 0 Å².